The maximum Gasteiger partial charge on any atom is 0.261 e. The van der Waals surface area contributed by atoms with Crippen LogP contribution >= 0.6 is 0 Å². The summed E-state index contributed by atoms with van der Waals surface area (Å²) in [5, 5.41) is 3.01. The number of rotatable bonds is 6. The quantitative estimate of drug-likeness (QED) is 0.652. The molecule has 2 N–H and O–H groups in total. The molecule has 0 fully saturated rings. The standard InChI is InChI=1S/C19H18FN3O2S/c1-21-13-14-9-10-16(17-8-5-11-22-19(17)20)18(12-14)23-26(24,25)15-6-3-2-4-7-15/h2-12,21,23H,13H2,1H3. The largest absolute Gasteiger partial charge is 0.316 e. The van der Waals surface area contributed by atoms with Crippen LogP contribution in [0.4, 0.5) is 10.1 Å². The molecule has 0 aliphatic carbocycles. The summed E-state index contributed by atoms with van der Waals surface area (Å²) in [5.41, 5.74) is 1.82. The number of sulfonamides is 1. The van der Waals surface area contributed by atoms with Gasteiger partial charge in [0.1, 0.15) is 0 Å². The molecule has 1 heterocycles. The van der Waals surface area contributed by atoms with Gasteiger partial charge < -0.3 is 5.32 Å². The van der Waals surface area contributed by atoms with Gasteiger partial charge in [-0.25, -0.2) is 13.4 Å². The average molecular weight is 371 g/mol. The highest BCUT2D eigenvalue weighted by Crippen LogP contribution is 2.32. The SMILES string of the molecule is CNCc1ccc(-c2cccnc2F)c(NS(=O)(=O)c2ccccc2)c1. The molecule has 3 aromatic rings. The minimum atomic E-state index is -3.80. The molecule has 1 aromatic heterocycles. The third kappa shape index (κ3) is 3.89. The summed E-state index contributed by atoms with van der Waals surface area (Å²) in [6, 6.07) is 16.4. The first-order valence-electron chi connectivity index (χ1n) is 7.97. The molecule has 0 saturated heterocycles. The van der Waals surface area contributed by atoms with Crippen molar-refractivity contribution >= 4 is 15.7 Å². The minimum absolute atomic E-state index is 0.136. The summed E-state index contributed by atoms with van der Waals surface area (Å²) in [5.74, 6) is -0.658. The zero-order valence-corrected chi connectivity index (χ0v) is 14.9. The molecular weight excluding hydrogens is 353 g/mol. The van der Waals surface area contributed by atoms with Gasteiger partial charge in [0.2, 0.25) is 5.95 Å². The number of halogens is 1. The topological polar surface area (TPSA) is 71.1 Å². The molecule has 26 heavy (non-hydrogen) atoms. The first-order chi connectivity index (χ1) is 12.5. The third-order valence-electron chi connectivity index (χ3n) is 3.81. The van der Waals surface area contributed by atoms with Gasteiger partial charge in [-0.2, -0.15) is 4.39 Å². The van der Waals surface area contributed by atoms with Gasteiger partial charge in [-0.15, -0.1) is 0 Å². The lowest BCUT2D eigenvalue weighted by Gasteiger charge is -2.15. The Kier molecular flexibility index (Phi) is 5.29. The average Bonchev–Trinajstić information content (AvgIpc) is 2.64. The van der Waals surface area contributed by atoms with Crippen LogP contribution in [-0.4, -0.2) is 20.4 Å². The number of aromatic nitrogens is 1. The lowest BCUT2D eigenvalue weighted by molar-refractivity contribution is 0.587. The molecule has 0 unspecified atom stereocenters. The molecule has 0 aliphatic heterocycles. The van der Waals surface area contributed by atoms with Gasteiger partial charge >= 0.3 is 0 Å². The molecule has 134 valence electrons. The second kappa shape index (κ2) is 7.63. The molecule has 0 radical (unpaired) electrons. The number of pyridine rings is 1. The van der Waals surface area contributed by atoms with E-state index in [1.807, 2.05) is 6.07 Å². The third-order valence-corrected chi connectivity index (χ3v) is 5.19. The van der Waals surface area contributed by atoms with Crippen molar-refractivity contribution in [1.82, 2.24) is 10.3 Å². The first kappa shape index (κ1) is 18.0. The van der Waals surface area contributed by atoms with Gasteiger partial charge in [-0.05, 0) is 42.9 Å². The highest BCUT2D eigenvalue weighted by molar-refractivity contribution is 7.92. The van der Waals surface area contributed by atoms with Crippen LogP contribution in [0.3, 0.4) is 0 Å². The predicted octanol–water partition coefficient (Wildman–Crippen LogP) is 3.41. The van der Waals surface area contributed by atoms with Crippen LogP contribution in [0.25, 0.3) is 11.1 Å². The van der Waals surface area contributed by atoms with Crippen molar-refractivity contribution in [3.05, 3.63) is 78.4 Å². The van der Waals surface area contributed by atoms with Crippen molar-refractivity contribution in [1.29, 1.82) is 0 Å². The molecule has 0 spiro atoms. The Morgan fingerprint density at radius 2 is 1.77 bits per heavy atom. The van der Waals surface area contributed by atoms with Crippen LogP contribution < -0.4 is 10.0 Å². The number of benzene rings is 2. The van der Waals surface area contributed by atoms with Crippen molar-refractivity contribution in [2.24, 2.45) is 0 Å². The maximum atomic E-state index is 14.2. The van der Waals surface area contributed by atoms with Crippen LogP contribution in [0.5, 0.6) is 0 Å². The van der Waals surface area contributed by atoms with Crippen molar-refractivity contribution < 1.29 is 12.8 Å². The smallest absolute Gasteiger partial charge is 0.261 e. The number of hydrogen-bond acceptors (Lipinski definition) is 4. The van der Waals surface area contributed by atoms with E-state index in [0.717, 1.165) is 5.56 Å². The summed E-state index contributed by atoms with van der Waals surface area (Å²) in [6.07, 6.45) is 1.35. The molecule has 0 saturated carbocycles. The molecule has 0 aliphatic rings. The van der Waals surface area contributed by atoms with E-state index in [2.05, 4.69) is 15.0 Å². The van der Waals surface area contributed by atoms with E-state index in [9.17, 15) is 12.8 Å². The van der Waals surface area contributed by atoms with Gasteiger partial charge in [0.15, 0.2) is 0 Å². The molecule has 0 amide bonds. The minimum Gasteiger partial charge on any atom is -0.316 e. The van der Waals surface area contributed by atoms with Gasteiger partial charge in [-0.1, -0.05) is 30.3 Å². The van der Waals surface area contributed by atoms with Gasteiger partial charge in [0.05, 0.1) is 10.6 Å². The lowest BCUT2D eigenvalue weighted by atomic mass is 10.0. The second-order valence-electron chi connectivity index (χ2n) is 5.67. The van der Waals surface area contributed by atoms with E-state index in [1.54, 1.807) is 49.5 Å². The van der Waals surface area contributed by atoms with E-state index in [1.165, 1.54) is 18.3 Å². The van der Waals surface area contributed by atoms with Gasteiger partial charge in [0, 0.05) is 23.9 Å². The molecule has 0 bridgehead atoms. The molecule has 2 aromatic carbocycles. The Labute approximate surface area is 152 Å². The number of nitrogens with one attached hydrogen (secondary N) is 2. The fourth-order valence-corrected chi connectivity index (χ4v) is 3.71. The summed E-state index contributed by atoms with van der Waals surface area (Å²) >= 11 is 0. The Hall–Kier alpha value is -2.77. The van der Waals surface area contributed by atoms with Gasteiger partial charge in [-0.3, -0.25) is 4.72 Å². The summed E-state index contributed by atoms with van der Waals surface area (Å²) in [6.45, 7) is 0.551. The summed E-state index contributed by atoms with van der Waals surface area (Å²) in [4.78, 5) is 3.79. The zero-order valence-electron chi connectivity index (χ0n) is 14.1. The number of anilines is 1. The van der Waals surface area contributed by atoms with E-state index < -0.39 is 16.0 Å². The van der Waals surface area contributed by atoms with E-state index in [-0.39, 0.29) is 10.5 Å². The lowest BCUT2D eigenvalue weighted by Crippen LogP contribution is -2.14. The van der Waals surface area contributed by atoms with E-state index in [0.29, 0.717) is 17.8 Å². The Bertz CT molecular complexity index is 1010. The summed E-state index contributed by atoms with van der Waals surface area (Å²) in [7, 11) is -2.01. The first-order valence-corrected chi connectivity index (χ1v) is 9.46. The highest BCUT2D eigenvalue weighted by atomic mass is 32.2. The Morgan fingerprint density at radius 3 is 2.46 bits per heavy atom. The van der Waals surface area contributed by atoms with Crippen molar-refractivity contribution in [2.75, 3.05) is 11.8 Å². The fourth-order valence-electron chi connectivity index (χ4n) is 2.62. The second-order valence-corrected chi connectivity index (χ2v) is 7.35. The van der Waals surface area contributed by atoms with E-state index in [4.69, 9.17) is 0 Å². The van der Waals surface area contributed by atoms with Gasteiger partial charge in [0.25, 0.3) is 10.0 Å². The predicted molar refractivity (Wildman–Crippen MR) is 99.6 cm³/mol. The van der Waals surface area contributed by atoms with Crippen LogP contribution in [0, 0.1) is 5.95 Å². The fraction of sp³-hybridized carbons (Fsp3) is 0.105. The van der Waals surface area contributed by atoms with Crippen molar-refractivity contribution in [3.63, 3.8) is 0 Å². The Morgan fingerprint density at radius 1 is 1.00 bits per heavy atom. The monoisotopic (exact) mass is 371 g/mol. The summed E-state index contributed by atoms with van der Waals surface area (Å²) < 4.78 is 42.1. The molecule has 5 nitrogen and oxygen atoms in total. The van der Waals surface area contributed by atoms with Crippen molar-refractivity contribution in [2.45, 2.75) is 11.4 Å². The van der Waals surface area contributed by atoms with Crippen molar-refractivity contribution in [3.8, 4) is 11.1 Å². The normalized spacial score (nSPS) is 11.3. The van der Waals surface area contributed by atoms with Crippen LogP contribution in [0.15, 0.2) is 71.8 Å². The number of nitrogens with zero attached hydrogens (tertiary/aromatic N) is 1. The molecule has 0 atom stereocenters. The zero-order chi connectivity index (χ0) is 18.6. The van der Waals surface area contributed by atoms with Crippen LogP contribution in [0.2, 0.25) is 0 Å². The molecular formula is C19H18FN3O2S. The Balaban J connectivity index is 2.09. The molecule has 7 heteroatoms. The van der Waals surface area contributed by atoms with E-state index >= 15 is 0 Å². The maximum absolute atomic E-state index is 14.2. The van der Waals surface area contributed by atoms with Crippen LogP contribution in [0.1, 0.15) is 5.56 Å². The van der Waals surface area contributed by atoms with Crippen LogP contribution in [-0.2, 0) is 16.6 Å². The highest BCUT2D eigenvalue weighted by Gasteiger charge is 2.18. The molecule has 3 rings (SSSR count). The number of hydrogen-bond donors (Lipinski definition) is 2.